The normalized spacial score (nSPS) is 9.85. The number of nitrogens with one attached hydrogen (secondary N) is 1. The van der Waals surface area contributed by atoms with Gasteiger partial charge in [0.05, 0.1) is 15.6 Å². The van der Waals surface area contributed by atoms with Gasteiger partial charge in [0.1, 0.15) is 11.8 Å². The maximum Gasteiger partial charge on any atom is 0.255 e. The number of phenolic OH excluding ortho intramolecular Hbond substituents is 1. The molecule has 0 spiro atoms. The lowest BCUT2D eigenvalue weighted by Crippen LogP contribution is -2.11. The monoisotopic (exact) mass is 306 g/mol. The summed E-state index contributed by atoms with van der Waals surface area (Å²) >= 11 is 11.6. The molecule has 0 aliphatic rings. The van der Waals surface area contributed by atoms with Crippen LogP contribution in [0.4, 0.5) is 5.69 Å². The van der Waals surface area contributed by atoms with Crippen molar-refractivity contribution < 1.29 is 9.90 Å². The summed E-state index contributed by atoms with van der Waals surface area (Å²) in [7, 11) is 0. The van der Waals surface area contributed by atoms with Gasteiger partial charge in [0, 0.05) is 11.3 Å². The Morgan fingerprint density at radius 3 is 2.50 bits per heavy atom. The molecule has 2 N–H and O–H groups in total. The Hall–Kier alpha value is -2.22. The topological polar surface area (TPSA) is 73.1 Å². The van der Waals surface area contributed by atoms with E-state index in [0.29, 0.717) is 16.8 Å². The van der Waals surface area contributed by atoms with Crippen molar-refractivity contribution in [3.8, 4) is 11.8 Å². The Balaban J connectivity index is 2.21. The SMILES string of the molecule is N#Cc1ccc(NC(=O)c2ccc(O)c(Cl)c2)cc1Cl. The number of phenols is 1. The van der Waals surface area contributed by atoms with Gasteiger partial charge in [-0.2, -0.15) is 5.26 Å². The van der Waals surface area contributed by atoms with E-state index in [1.165, 1.54) is 30.3 Å². The minimum absolute atomic E-state index is 0.0929. The third-order valence-electron chi connectivity index (χ3n) is 2.56. The van der Waals surface area contributed by atoms with Crippen LogP contribution < -0.4 is 5.32 Å². The number of aromatic hydroxyl groups is 1. The van der Waals surface area contributed by atoms with Crippen molar-refractivity contribution in [2.24, 2.45) is 0 Å². The fourth-order valence-corrected chi connectivity index (χ4v) is 1.94. The van der Waals surface area contributed by atoms with Crippen LogP contribution in [0.5, 0.6) is 5.75 Å². The van der Waals surface area contributed by atoms with Crippen molar-refractivity contribution in [2.75, 3.05) is 5.32 Å². The van der Waals surface area contributed by atoms with Gasteiger partial charge in [-0.1, -0.05) is 23.2 Å². The number of hydrogen-bond acceptors (Lipinski definition) is 3. The number of halogens is 2. The molecule has 0 atom stereocenters. The molecule has 0 radical (unpaired) electrons. The molecule has 100 valence electrons. The maximum absolute atomic E-state index is 12.0. The largest absolute Gasteiger partial charge is 0.506 e. The van der Waals surface area contributed by atoms with Gasteiger partial charge in [-0.15, -0.1) is 0 Å². The molecule has 1 amide bonds. The predicted molar refractivity (Wildman–Crippen MR) is 77.2 cm³/mol. The van der Waals surface area contributed by atoms with Gasteiger partial charge in [-0.3, -0.25) is 4.79 Å². The molecule has 0 saturated carbocycles. The Kier molecular flexibility index (Phi) is 4.14. The van der Waals surface area contributed by atoms with E-state index in [9.17, 15) is 9.90 Å². The van der Waals surface area contributed by atoms with E-state index in [2.05, 4.69) is 5.32 Å². The zero-order chi connectivity index (χ0) is 14.7. The van der Waals surface area contributed by atoms with Crippen LogP contribution in [0.2, 0.25) is 10.0 Å². The van der Waals surface area contributed by atoms with Crippen molar-refractivity contribution in [2.45, 2.75) is 0 Å². The van der Waals surface area contributed by atoms with Gasteiger partial charge in [0.15, 0.2) is 0 Å². The van der Waals surface area contributed by atoms with Crippen molar-refractivity contribution in [1.82, 2.24) is 0 Å². The second-order valence-corrected chi connectivity index (χ2v) is 4.74. The van der Waals surface area contributed by atoms with Gasteiger partial charge >= 0.3 is 0 Å². The molecule has 0 saturated heterocycles. The number of anilines is 1. The van der Waals surface area contributed by atoms with Crippen LogP contribution >= 0.6 is 23.2 Å². The summed E-state index contributed by atoms with van der Waals surface area (Å²) in [6.45, 7) is 0. The summed E-state index contributed by atoms with van der Waals surface area (Å²) in [5.41, 5.74) is 1.09. The first kappa shape index (κ1) is 14.2. The van der Waals surface area contributed by atoms with Gasteiger partial charge in [-0.05, 0) is 36.4 Å². The molecule has 0 bridgehead atoms. The highest BCUT2D eigenvalue weighted by molar-refractivity contribution is 6.32. The summed E-state index contributed by atoms with van der Waals surface area (Å²) in [5.74, 6) is -0.489. The lowest BCUT2D eigenvalue weighted by Gasteiger charge is -2.07. The van der Waals surface area contributed by atoms with Crippen LogP contribution in [0.3, 0.4) is 0 Å². The van der Waals surface area contributed by atoms with E-state index in [1.807, 2.05) is 6.07 Å². The summed E-state index contributed by atoms with van der Waals surface area (Å²) in [5, 5.41) is 21.0. The standard InChI is InChI=1S/C14H8Cl2N2O2/c15-11-6-10(3-1-9(11)7-17)18-14(20)8-2-4-13(19)12(16)5-8/h1-6,19H,(H,18,20). The van der Waals surface area contributed by atoms with Gasteiger partial charge in [-0.25, -0.2) is 0 Å². The molecule has 2 rings (SSSR count). The summed E-state index contributed by atoms with van der Waals surface area (Å²) in [6.07, 6.45) is 0. The molecular weight excluding hydrogens is 299 g/mol. The second kappa shape index (κ2) is 5.83. The van der Waals surface area contributed by atoms with E-state index < -0.39 is 5.91 Å². The minimum atomic E-state index is -0.396. The van der Waals surface area contributed by atoms with Gasteiger partial charge in [0.2, 0.25) is 0 Å². The van der Waals surface area contributed by atoms with Crippen LogP contribution in [0, 0.1) is 11.3 Å². The highest BCUT2D eigenvalue weighted by Gasteiger charge is 2.09. The van der Waals surface area contributed by atoms with E-state index in [1.54, 1.807) is 6.07 Å². The molecule has 0 aliphatic heterocycles. The van der Waals surface area contributed by atoms with Crippen molar-refractivity contribution in [3.63, 3.8) is 0 Å². The molecule has 0 unspecified atom stereocenters. The third kappa shape index (κ3) is 3.02. The molecular formula is C14H8Cl2N2O2. The highest BCUT2D eigenvalue weighted by Crippen LogP contribution is 2.25. The molecule has 2 aromatic carbocycles. The first-order chi connectivity index (χ1) is 9.51. The molecule has 4 nitrogen and oxygen atoms in total. The molecule has 0 aliphatic carbocycles. The van der Waals surface area contributed by atoms with Crippen LogP contribution in [-0.4, -0.2) is 11.0 Å². The van der Waals surface area contributed by atoms with Crippen LogP contribution in [0.1, 0.15) is 15.9 Å². The zero-order valence-electron chi connectivity index (χ0n) is 10.0. The summed E-state index contributed by atoms with van der Waals surface area (Å²) < 4.78 is 0. The summed E-state index contributed by atoms with van der Waals surface area (Å²) in [4.78, 5) is 12.0. The Bertz CT molecular complexity index is 724. The average Bonchev–Trinajstić information content (AvgIpc) is 2.42. The Morgan fingerprint density at radius 1 is 1.15 bits per heavy atom. The quantitative estimate of drug-likeness (QED) is 0.885. The van der Waals surface area contributed by atoms with E-state index in [-0.39, 0.29) is 15.8 Å². The van der Waals surface area contributed by atoms with Crippen LogP contribution in [-0.2, 0) is 0 Å². The lowest BCUT2D eigenvalue weighted by molar-refractivity contribution is 0.102. The van der Waals surface area contributed by atoms with Gasteiger partial charge in [0.25, 0.3) is 5.91 Å². The first-order valence-corrected chi connectivity index (χ1v) is 6.26. The van der Waals surface area contributed by atoms with Crippen molar-refractivity contribution >= 4 is 34.8 Å². The Labute approximate surface area is 125 Å². The third-order valence-corrected chi connectivity index (χ3v) is 3.17. The first-order valence-electron chi connectivity index (χ1n) is 5.51. The van der Waals surface area contributed by atoms with Crippen LogP contribution in [0.25, 0.3) is 0 Å². The maximum atomic E-state index is 12.0. The zero-order valence-corrected chi connectivity index (χ0v) is 11.5. The summed E-state index contributed by atoms with van der Waals surface area (Å²) in [6, 6.07) is 10.6. The fourth-order valence-electron chi connectivity index (χ4n) is 1.53. The average molecular weight is 307 g/mol. The van der Waals surface area contributed by atoms with Gasteiger partial charge < -0.3 is 10.4 Å². The number of hydrogen-bond donors (Lipinski definition) is 2. The number of carbonyl (C=O) groups is 1. The predicted octanol–water partition coefficient (Wildman–Crippen LogP) is 3.82. The number of rotatable bonds is 2. The molecule has 2 aromatic rings. The Morgan fingerprint density at radius 2 is 1.90 bits per heavy atom. The lowest BCUT2D eigenvalue weighted by atomic mass is 10.2. The molecule has 20 heavy (non-hydrogen) atoms. The van der Waals surface area contributed by atoms with E-state index >= 15 is 0 Å². The number of nitriles is 1. The van der Waals surface area contributed by atoms with Crippen molar-refractivity contribution in [3.05, 3.63) is 57.6 Å². The smallest absolute Gasteiger partial charge is 0.255 e. The molecule has 6 heteroatoms. The minimum Gasteiger partial charge on any atom is -0.506 e. The molecule has 0 heterocycles. The fraction of sp³-hybridized carbons (Fsp3) is 0. The molecule has 0 fully saturated rings. The van der Waals surface area contributed by atoms with E-state index in [0.717, 1.165) is 0 Å². The highest BCUT2D eigenvalue weighted by atomic mass is 35.5. The number of benzene rings is 2. The number of nitrogens with zero attached hydrogens (tertiary/aromatic N) is 1. The molecule has 0 aromatic heterocycles. The van der Waals surface area contributed by atoms with Crippen LogP contribution in [0.15, 0.2) is 36.4 Å². The van der Waals surface area contributed by atoms with Crippen molar-refractivity contribution in [1.29, 1.82) is 5.26 Å². The number of amides is 1. The number of carbonyl (C=O) groups excluding carboxylic acids is 1. The van der Waals surface area contributed by atoms with E-state index in [4.69, 9.17) is 28.5 Å². The second-order valence-electron chi connectivity index (χ2n) is 3.93.